The Morgan fingerprint density at radius 3 is 2.33 bits per heavy atom. The summed E-state index contributed by atoms with van der Waals surface area (Å²) in [5, 5.41) is 0. The first-order valence-electron chi connectivity index (χ1n) is 6.86. The number of hydrogen-bond acceptors (Lipinski definition) is 2. The van der Waals surface area contributed by atoms with Gasteiger partial charge in [0.25, 0.3) is 0 Å². The van der Waals surface area contributed by atoms with Crippen molar-refractivity contribution in [2.75, 3.05) is 14.1 Å². The average Bonchev–Trinajstić information content (AvgIpc) is 2.80. The minimum Gasteiger partial charge on any atom is -0.372 e. The Balaban J connectivity index is 2.25. The average molecular weight is 300 g/mol. The maximum Gasteiger partial charge on any atom is 0.209 e. The fourth-order valence-electron chi connectivity index (χ4n) is 2.12. The van der Waals surface area contributed by atoms with E-state index in [1.807, 2.05) is 73.9 Å². The minimum atomic E-state index is 0.0412. The Morgan fingerprint density at radius 2 is 1.76 bits per heavy atom. The molecule has 0 saturated heterocycles. The summed E-state index contributed by atoms with van der Waals surface area (Å²) in [6.07, 6.45) is 0.667. The van der Waals surface area contributed by atoms with Gasteiger partial charge >= 0.3 is 0 Å². The van der Waals surface area contributed by atoms with E-state index in [0.29, 0.717) is 17.7 Å². The van der Waals surface area contributed by atoms with Gasteiger partial charge in [0.05, 0.1) is 10.7 Å². The van der Waals surface area contributed by atoms with Gasteiger partial charge in [-0.25, -0.2) is 0 Å². The van der Waals surface area contributed by atoms with Crippen molar-refractivity contribution in [3.8, 4) is 0 Å². The van der Waals surface area contributed by atoms with Gasteiger partial charge in [0, 0.05) is 38.8 Å². The number of hydrogen-bond donors (Lipinski definition) is 0. The maximum absolute atomic E-state index is 12.5. The molecule has 1 aromatic carbocycles. The van der Waals surface area contributed by atoms with Gasteiger partial charge in [-0.05, 0) is 19.1 Å². The molecule has 2 rings (SSSR count). The summed E-state index contributed by atoms with van der Waals surface area (Å²) in [6, 6.07) is 11.5. The molecule has 0 bridgehead atoms. The number of likely N-dealkylation sites (N-methyl/N-ethyl adjacent to an activating group) is 1. The second kappa shape index (κ2) is 6.22. The number of thiocarbonyl (C=S) groups is 1. The van der Waals surface area contributed by atoms with Crippen LogP contribution >= 0.6 is 12.2 Å². The highest BCUT2D eigenvalue weighted by atomic mass is 32.1. The summed E-state index contributed by atoms with van der Waals surface area (Å²) >= 11 is 5.33. The Bertz CT molecular complexity index is 669. The van der Waals surface area contributed by atoms with Crippen molar-refractivity contribution >= 4 is 23.0 Å². The molecule has 0 atom stereocenters. The van der Waals surface area contributed by atoms with E-state index in [-0.39, 0.29) is 5.78 Å². The van der Waals surface area contributed by atoms with E-state index in [1.165, 1.54) is 0 Å². The zero-order valence-corrected chi connectivity index (χ0v) is 13.7. The predicted molar refractivity (Wildman–Crippen MR) is 90.0 cm³/mol. The van der Waals surface area contributed by atoms with Crippen LogP contribution in [0.25, 0.3) is 0 Å². The smallest absolute Gasteiger partial charge is 0.209 e. The zero-order chi connectivity index (χ0) is 15.6. The predicted octanol–water partition coefficient (Wildman–Crippen LogP) is 3.00. The molecule has 3 nitrogen and oxygen atoms in total. The molecular weight excluding hydrogens is 280 g/mol. The SMILES string of the molecule is Cc1ccc(C(=O)c2ccc(CC(=S)N(C)C)n2C)cc1. The highest BCUT2D eigenvalue weighted by molar-refractivity contribution is 7.80. The zero-order valence-electron chi connectivity index (χ0n) is 12.9. The monoisotopic (exact) mass is 300 g/mol. The number of aromatic nitrogens is 1. The van der Waals surface area contributed by atoms with Crippen LogP contribution in [0.5, 0.6) is 0 Å². The molecule has 0 radical (unpaired) electrons. The van der Waals surface area contributed by atoms with Crippen LogP contribution in [0.4, 0.5) is 0 Å². The summed E-state index contributed by atoms with van der Waals surface area (Å²) in [6.45, 7) is 2.01. The third kappa shape index (κ3) is 3.39. The lowest BCUT2D eigenvalue weighted by molar-refractivity contribution is 0.103. The quantitative estimate of drug-likeness (QED) is 0.641. The molecule has 0 aliphatic carbocycles. The third-order valence-electron chi connectivity index (χ3n) is 3.60. The molecule has 0 aliphatic heterocycles. The van der Waals surface area contributed by atoms with Crippen molar-refractivity contribution in [2.45, 2.75) is 13.3 Å². The summed E-state index contributed by atoms with van der Waals surface area (Å²) in [5.41, 5.74) is 3.60. The molecule has 4 heteroatoms. The number of nitrogens with zero attached hydrogens (tertiary/aromatic N) is 2. The van der Waals surface area contributed by atoms with E-state index in [2.05, 4.69) is 0 Å². The van der Waals surface area contributed by atoms with Gasteiger partial charge in [-0.3, -0.25) is 4.79 Å². The minimum absolute atomic E-state index is 0.0412. The van der Waals surface area contributed by atoms with Gasteiger partial charge in [0.2, 0.25) is 5.78 Å². The first-order valence-corrected chi connectivity index (χ1v) is 7.27. The van der Waals surface area contributed by atoms with Crippen LogP contribution in [-0.4, -0.2) is 34.3 Å². The lowest BCUT2D eigenvalue weighted by Crippen LogP contribution is -2.23. The van der Waals surface area contributed by atoms with Crippen molar-refractivity contribution in [3.63, 3.8) is 0 Å². The third-order valence-corrected chi connectivity index (χ3v) is 4.11. The lowest BCUT2D eigenvalue weighted by atomic mass is 10.1. The van der Waals surface area contributed by atoms with Crippen molar-refractivity contribution in [3.05, 3.63) is 58.9 Å². The van der Waals surface area contributed by atoms with Gasteiger partial charge < -0.3 is 9.47 Å². The van der Waals surface area contributed by atoms with E-state index in [9.17, 15) is 4.79 Å². The highest BCUT2D eigenvalue weighted by Crippen LogP contribution is 2.15. The maximum atomic E-state index is 12.5. The highest BCUT2D eigenvalue weighted by Gasteiger charge is 2.15. The Labute approximate surface area is 131 Å². The normalized spacial score (nSPS) is 10.5. The van der Waals surface area contributed by atoms with E-state index in [4.69, 9.17) is 12.2 Å². The first kappa shape index (κ1) is 15.4. The van der Waals surface area contributed by atoms with E-state index < -0.39 is 0 Å². The molecule has 0 fully saturated rings. The number of rotatable bonds is 4. The van der Waals surface area contributed by atoms with Crippen LogP contribution in [-0.2, 0) is 13.5 Å². The molecule has 110 valence electrons. The van der Waals surface area contributed by atoms with Gasteiger partial charge in [0.15, 0.2) is 0 Å². The molecule has 0 unspecified atom stereocenters. The standard InChI is InChI=1S/C17H20N2OS/c1-12-5-7-13(8-6-12)17(20)15-10-9-14(19(15)4)11-16(21)18(2)3/h5-10H,11H2,1-4H3. The van der Waals surface area contributed by atoms with E-state index in [0.717, 1.165) is 16.2 Å². The second-order valence-electron chi connectivity index (χ2n) is 5.43. The molecule has 1 aromatic heterocycles. The summed E-state index contributed by atoms with van der Waals surface area (Å²) in [4.78, 5) is 15.3. The Hall–Kier alpha value is -1.94. The summed E-state index contributed by atoms with van der Waals surface area (Å²) in [5.74, 6) is 0.0412. The van der Waals surface area contributed by atoms with Gasteiger partial charge in [0.1, 0.15) is 0 Å². The molecule has 0 amide bonds. The number of aryl methyl sites for hydroxylation is 1. The molecule has 21 heavy (non-hydrogen) atoms. The number of carbonyl (C=O) groups excluding carboxylic acids is 1. The molecule has 2 aromatic rings. The van der Waals surface area contributed by atoms with E-state index in [1.54, 1.807) is 0 Å². The fourth-order valence-corrected chi connectivity index (χ4v) is 2.27. The summed E-state index contributed by atoms with van der Waals surface area (Å²) < 4.78 is 1.93. The van der Waals surface area contributed by atoms with E-state index >= 15 is 0 Å². The molecule has 0 N–H and O–H groups in total. The van der Waals surface area contributed by atoms with Crippen LogP contribution < -0.4 is 0 Å². The van der Waals surface area contributed by atoms with Gasteiger partial charge in [-0.15, -0.1) is 0 Å². The first-order chi connectivity index (χ1) is 9.90. The van der Waals surface area contributed by atoms with Crippen molar-refractivity contribution < 1.29 is 4.79 Å². The van der Waals surface area contributed by atoms with Crippen LogP contribution in [0, 0.1) is 6.92 Å². The molecular formula is C17H20N2OS. The largest absolute Gasteiger partial charge is 0.372 e. The van der Waals surface area contributed by atoms with Crippen molar-refractivity contribution in [1.82, 2.24) is 9.47 Å². The molecule has 0 aliphatic rings. The number of benzene rings is 1. The molecule has 1 heterocycles. The van der Waals surface area contributed by atoms with Crippen LogP contribution in [0.3, 0.4) is 0 Å². The van der Waals surface area contributed by atoms with Gasteiger partial charge in [-0.2, -0.15) is 0 Å². The number of carbonyl (C=O) groups is 1. The van der Waals surface area contributed by atoms with Gasteiger partial charge in [-0.1, -0.05) is 42.0 Å². The lowest BCUT2D eigenvalue weighted by Gasteiger charge is -2.14. The summed E-state index contributed by atoms with van der Waals surface area (Å²) in [7, 11) is 5.78. The van der Waals surface area contributed by atoms with Crippen LogP contribution in [0.15, 0.2) is 36.4 Å². The Kier molecular flexibility index (Phi) is 4.58. The number of ketones is 1. The second-order valence-corrected chi connectivity index (χ2v) is 5.90. The fraction of sp³-hybridized carbons (Fsp3) is 0.294. The van der Waals surface area contributed by atoms with Crippen LogP contribution in [0.1, 0.15) is 27.3 Å². The van der Waals surface area contributed by atoms with Crippen molar-refractivity contribution in [1.29, 1.82) is 0 Å². The van der Waals surface area contributed by atoms with Crippen molar-refractivity contribution in [2.24, 2.45) is 7.05 Å². The molecule has 0 saturated carbocycles. The Morgan fingerprint density at radius 1 is 1.14 bits per heavy atom. The van der Waals surface area contributed by atoms with Crippen LogP contribution in [0.2, 0.25) is 0 Å². The molecule has 0 spiro atoms. The topological polar surface area (TPSA) is 25.2 Å².